The van der Waals surface area contributed by atoms with Gasteiger partial charge in [0.05, 0.1) is 5.69 Å². The van der Waals surface area contributed by atoms with Gasteiger partial charge in [-0.2, -0.15) is 4.98 Å². The van der Waals surface area contributed by atoms with Gasteiger partial charge in [0, 0.05) is 50.8 Å². The molecule has 0 atom stereocenters. The molecule has 1 aliphatic rings. The first kappa shape index (κ1) is 21.2. The molecule has 0 saturated carbocycles. The van der Waals surface area contributed by atoms with Crippen LogP contribution in [0.5, 0.6) is 0 Å². The number of likely N-dealkylation sites (N-methyl/N-ethyl adjacent to an activating group) is 1. The molecule has 170 valence electrons. The largest absolute Gasteiger partial charge is 0.369 e. The first-order valence-electron chi connectivity index (χ1n) is 11.2. The van der Waals surface area contributed by atoms with E-state index in [2.05, 4.69) is 57.3 Å². The predicted octanol–water partition coefficient (Wildman–Crippen LogP) is 3.23. The molecule has 4 aromatic rings. The third-order valence-electron chi connectivity index (χ3n) is 6.44. The fourth-order valence-corrected chi connectivity index (χ4v) is 4.51. The number of piperazine rings is 1. The molecule has 0 spiro atoms. The molecular weight excluding hydrogens is 414 g/mol. The molecule has 1 N–H and O–H groups in total. The molecule has 8 nitrogen and oxygen atoms in total. The average molecular weight is 444 g/mol. The molecule has 2 aromatic carbocycles. The molecular formula is C25H29N7O. The maximum absolute atomic E-state index is 13.1. The normalized spacial score (nSPS) is 14.7. The lowest BCUT2D eigenvalue weighted by Crippen LogP contribution is -2.44. The summed E-state index contributed by atoms with van der Waals surface area (Å²) in [6.07, 6.45) is 1.60. The molecule has 2 aromatic heterocycles. The minimum atomic E-state index is -0.124. The Bertz CT molecular complexity index is 1380. The quantitative estimate of drug-likeness (QED) is 0.522. The molecule has 0 aliphatic carbocycles. The van der Waals surface area contributed by atoms with Gasteiger partial charge >= 0.3 is 0 Å². The van der Waals surface area contributed by atoms with Crippen LogP contribution in [0.1, 0.15) is 11.1 Å². The predicted molar refractivity (Wildman–Crippen MR) is 133 cm³/mol. The second-order valence-corrected chi connectivity index (χ2v) is 8.77. The smallest absolute Gasteiger partial charge is 0.282 e. The number of para-hydroxylation sites is 1. The van der Waals surface area contributed by atoms with E-state index < -0.39 is 0 Å². The maximum atomic E-state index is 13.1. The van der Waals surface area contributed by atoms with E-state index in [9.17, 15) is 4.79 Å². The first-order valence-corrected chi connectivity index (χ1v) is 11.2. The minimum Gasteiger partial charge on any atom is -0.369 e. The summed E-state index contributed by atoms with van der Waals surface area (Å²) in [7, 11) is 4.01. The van der Waals surface area contributed by atoms with Gasteiger partial charge in [0.25, 0.3) is 5.56 Å². The number of nitrogens with one attached hydrogen (secondary N) is 1. The molecule has 8 heteroatoms. The maximum Gasteiger partial charge on any atom is 0.282 e. The Morgan fingerprint density at radius 3 is 2.39 bits per heavy atom. The number of anilines is 3. The van der Waals surface area contributed by atoms with Gasteiger partial charge in [0.1, 0.15) is 5.39 Å². The van der Waals surface area contributed by atoms with Crippen LogP contribution in [0.25, 0.3) is 16.7 Å². The molecule has 3 heterocycles. The van der Waals surface area contributed by atoms with Crippen molar-refractivity contribution in [1.29, 1.82) is 0 Å². The Kier molecular flexibility index (Phi) is 5.38. The van der Waals surface area contributed by atoms with Gasteiger partial charge in [-0.3, -0.25) is 9.48 Å². The third-order valence-corrected chi connectivity index (χ3v) is 6.44. The van der Waals surface area contributed by atoms with Crippen molar-refractivity contribution in [3.05, 3.63) is 70.1 Å². The zero-order valence-electron chi connectivity index (χ0n) is 19.5. The van der Waals surface area contributed by atoms with E-state index >= 15 is 0 Å². The van der Waals surface area contributed by atoms with E-state index in [1.807, 2.05) is 38.2 Å². The molecule has 1 fully saturated rings. The van der Waals surface area contributed by atoms with Crippen LogP contribution in [-0.2, 0) is 7.05 Å². The lowest BCUT2D eigenvalue weighted by atomic mass is 10.1. The second-order valence-electron chi connectivity index (χ2n) is 8.77. The number of hydrogen-bond acceptors (Lipinski definition) is 6. The van der Waals surface area contributed by atoms with Crippen LogP contribution in [0.3, 0.4) is 0 Å². The Balaban J connectivity index is 1.44. The zero-order valence-corrected chi connectivity index (χ0v) is 19.5. The van der Waals surface area contributed by atoms with Crippen molar-refractivity contribution in [2.45, 2.75) is 13.8 Å². The van der Waals surface area contributed by atoms with Gasteiger partial charge in [-0.15, -0.1) is 0 Å². The van der Waals surface area contributed by atoms with Gasteiger partial charge in [0.2, 0.25) is 5.95 Å². The van der Waals surface area contributed by atoms with E-state index in [1.165, 1.54) is 11.3 Å². The summed E-state index contributed by atoms with van der Waals surface area (Å²) >= 11 is 0. The molecule has 1 aliphatic heterocycles. The van der Waals surface area contributed by atoms with Crippen LogP contribution in [0.2, 0.25) is 0 Å². The van der Waals surface area contributed by atoms with Crippen molar-refractivity contribution in [2.24, 2.45) is 7.05 Å². The minimum absolute atomic E-state index is 0.124. The van der Waals surface area contributed by atoms with Crippen molar-refractivity contribution >= 4 is 28.4 Å². The van der Waals surface area contributed by atoms with Gasteiger partial charge in [-0.25, -0.2) is 9.67 Å². The number of hydrogen-bond donors (Lipinski definition) is 1. The fraction of sp³-hybridized carbons (Fsp3) is 0.320. The molecule has 0 amide bonds. The van der Waals surface area contributed by atoms with Crippen LogP contribution in [0.15, 0.2) is 53.5 Å². The second kappa shape index (κ2) is 8.37. The summed E-state index contributed by atoms with van der Waals surface area (Å²) in [6, 6.07) is 14.2. The monoisotopic (exact) mass is 443 g/mol. The first-order chi connectivity index (χ1) is 15.9. The van der Waals surface area contributed by atoms with Crippen LogP contribution < -0.4 is 15.8 Å². The lowest BCUT2D eigenvalue weighted by molar-refractivity contribution is 0.312. The lowest BCUT2D eigenvalue weighted by Gasteiger charge is -2.35. The Morgan fingerprint density at radius 2 is 1.67 bits per heavy atom. The average Bonchev–Trinajstić information content (AvgIpc) is 3.05. The summed E-state index contributed by atoms with van der Waals surface area (Å²) in [6.45, 7) is 8.36. The highest BCUT2D eigenvalue weighted by atomic mass is 16.1. The van der Waals surface area contributed by atoms with Crippen molar-refractivity contribution in [2.75, 3.05) is 43.4 Å². The van der Waals surface area contributed by atoms with Gasteiger partial charge in [-0.05, 0) is 56.3 Å². The highest BCUT2D eigenvalue weighted by molar-refractivity contribution is 5.76. The number of nitrogens with zero attached hydrogens (tertiary/aromatic N) is 6. The summed E-state index contributed by atoms with van der Waals surface area (Å²) < 4.78 is 3.43. The third kappa shape index (κ3) is 3.87. The van der Waals surface area contributed by atoms with Gasteiger partial charge in [-0.1, -0.05) is 18.2 Å². The topological polar surface area (TPSA) is 71.2 Å². The fourth-order valence-electron chi connectivity index (χ4n) is 4.51. The van der Waals surface area contributed by atoms with Crippen LogP contribution in [0.4, 0.5) is 17.3 Å². The number of aromatic nitrogens is 4. The van der Waals surface area contributed by atoms with Gasteiger partial charge in [0.15, 0.2) is 5.65 Å². The molecule has 0 bridgehead atoms. The van der Waals surface area contributed by atoms with Crippen molar-refractivity contribution < 1.29 is 0 Å². The van der Waals surface area contributed by atoms with Crippen molar-refractivity contribution in [3.63, 3.8) is 0 Å². The molecule has 1 saturated heterocycles. The van der Waals surface area contributed by atoms with E-state index in [1.54, 1.807) is 15.6 Å². The molecule has 33 heavy (non-hydrogen) atoms. The van der Waals surface area contributed by atoms with E-state index in [0.717, 1.165) is 43.1 Å². The van der Waals surface area contributed by atoms with Crippen LogP contribution in [-0.4, -0.2) is 57.5 Å². The Hall–Kier alpha value is -3.65. The number of fused-ring (bicyclic) bond motifs is 1. The molecule has 5 rings (SSSR count). The number of rotatable bonds is 4. The summed E-state index contributed by atoms with van der Waals surface area (Å²) in [5.41, 5.74) is 5.73. The molecule has 0 unspecified atom stereocenters. The Labute approximate surface area is 193 Å². The zero-order chi connectivity index (χ0) is 23.1. The number of aryl methyl sites for hydroxylation is 3. The highest BCUT2D eigenvalue weighted by Gasteiger charge is 2.18. The van der Waals surface area contributed by atoms with Crippen molar-refractivity contribution in [1.82, 2.24) is 24.2 Å². The van der Waals surface area contributed by atoms with Crippen molar-refractivity contribution in [3.8, 4) is 5.69 Å². The highest BCUT2D eigenvalue weighted by Crippen LogP contribution is 2.26. The van der Waals surface area contributed by atoms with E-state index in [-0.39, 0.29) is 5.56 Å². The standard InChI is InChI=1S/C25H29N7O/c1-17-7-5-6-8-22(17)32-24(33)20-16-26-25(28-23(20)30(32)4)27-19-9-10-21(18(2)15-19)31-13-11-29(3)12-14-31/h5-10,15-16H,11-14H2,1-4H3,(H,26,27,28). The summed E-state index contributed by atoms with van der Waals surface area (Å²) in [4.78, 5) is 26.9. The van der Waals surface area contributed by atoms with E-state index in [4.69, 9.17) is 0 Å². The van der Waals surface area contributed by atoms with Crippen LogP contribution in [0, 0.1) is 13.8 Å². The summed E-state index contributed by atoms with van der Waals surface area (Å²) in [5.74, 6) is 0.465. The summed E-state index contributed by atoms with van der Waals surface area (Å²) in [5, 5.41) is 3.80. The Morgan fingerprint density at radius 1 is 0.909 bits per heavy atom. The van der Waals surface area contributed by atoms with E-state index in [0.29, 0.717) is 17.0 Å². The van der Waals surface area contributed by atoms with Gasteiger partial charge < -0.3 is 15.1 Å². The SMILES string of the molecule is Cc1cc(Nc2ncc3c(=O)n(-c4ccccc4C)n(C)c3n2)ccc1N1CCN(C)CC1. The number of benzene rings is 2. The molecule has 0 radical (unpaired) electrons. The van der Waals surface area contributed by atoms with Crippen LogP contribution >= 0.6 is 0 Å².